The van der Waals surface area contributed by atoms with E-state index in [1.165, 1.54) is 11.4 Å². The molecule has 0 aliphatic carbocycles. The molecule has 1 aliphatic rings. The van der Waals surface area contributed by atoms with Gasteiger partial charge in [0.1, 0.15) is 5.75 Å². The largest absolute Gasteiger partial charge is 0.497 e. The molecule has 0 radical (unpaired) electrons. The molecule has 1 aliphatic heterocycles. The van der Waals surface area contributed by atoms with Gasteiger partial charge in [-0.25, -0.2) is 0 Å². The third-order valence-corrected chi connectivity index (χ3v) is 4.45. The predicted octanol–water partition coefficient (Wildman–Crippen LogP) is 3.74. The van der Waals surface area contributed by atoms with E-state index in [2.05, 4.69) is 41.1 Å². The topological polar surface area (TPSA) is 37.7 Å². The summed E-state index contributed by atoms with van der Waals surface area (Å²) in [7, 11) is 1.71. The summed E-state index contributed by atoms with van der Waals surface area (Å²) in [4.78, 5) is 11.8. The lowest BCUT2D eigenvalue weighted by Crippen LogP contribution is -2.30. The minimum Gasteiger partial charge on any atom is -0.497 e. The average Bonchev–Trinajstić information content (AvgIpc) is 3.08. The van der Waals surface area contributed by atoms with Gasteiger partial charge < -0.3 is 9.64 Å². The van der Waals surface area contributed by atoms with Crippen LogP contribution in [0.3, 0.4) is 0 Å². The Morgan fingerprint density at radius 2 is 2.12 bits per heavy atom. The van der Waals surface area contributed by atoms with E-state index in [4.69, 9.17) is 9.73 Å². The fourth-order valence-electron chi connectivity index (χ4n) is 3.25. The summed E-state index contributed by atoms with van der Waals surface area (Å²) in [5.41, 5.74) is 2.30. The number of pyridine rings is 1. The van der Waals surface area contributed by atoms with Crippen molar-refractivity contribution in [2.45, 2.75) is 25.7 Å². The first-order chi connectivity index (χ1) is 11.8. The molecular weight excluding hydrogens is 298 g/mol. The van der Waals surface area contributed by atoms with Gasteiger partial charge in [0.2, 0.25) is 0 Å². The van der Waals surface area contributed by atoms with Crippen LogP contribution in [0.2, 0.25) is 0 Å². The number of amidine groups is 1. The van der Waals surface area contributed by atoms with Crippen LogP contribution in [-0.2, 0) is 0 Å². The van der Waals surface area contributed by atoms with Crippen molar-refractivity contribution in [1.82, 2.24) is 9.88 Å². The van der Waals surface area contributed by atoms with Crippen molar-refractivity contribution in [2.75, 3.05) is 26.7 Å². The zero-order chi connectivity index (χ0) is 16.8. The molecule has 0 saturated heterocycles. The summed E-state index contributed by atoms with van der Waals surface area (Å²) < 4.78 is 5.41. The standard InChI is InChI=1S/C20H25N3O/c1-3-12-23-13-11-22-20(23)15-18(19-9-4-5-10-21-19)16-7-6-8-17(14-16)24-2/h4-10,14,18H,3,11-13,15H2,1-2H3. The monoisotopic (exact) mass is 323 g/mol. The maximum atomic E-state index is 5.41. The van der Waals surface area contributed by atoms with Crippen LogP contribution in [0.4, 0.5) is 0 Å². The maximum absolute atomic E-state index is 5.41. The quantitative estimate of drug-likeness (QED) is 0.779. The lowest BCUT2D eigenvalue weighted by atomic mass is 9.91. The zero-order valence-electron chi connectivity index (χ0n) is 14.5. The molecule has 0 bridgehead atoms. The van der Waals surface area contributed by atoms with E-state index in [9.17, 15) is 0 Å². The first kappa shape index (κ1) is 16.5. The van der Waals surface area contributed by atoms with Crippen molar-refractivity contribution in [3.05, 3.63) is 59.9 Å². The number of rotatable bonds is 7. The molecule has 0 amide bonds. The minimum absolute atomic E-state index is 0.192. The molecule has 0 saturated carbocycles. The summed E-state index contributed by atoms with van der Waals surface area (Å²) >= 11 is 0. The van der Waals surface area contributed by atoms with Gasteiger partial charge in [0.25, 0.3) is 0 Å². The number of benzene rings is 1. The Hall–Kier alpha value is -2.36. The van der Waals surface area contributed by atoms with E-state index in [-0.39, 0.29) is 5.92 Å². The summed E-state index contributed by atoms with van der Waals surface area (Å²) in [5, 5.41) is 0. The molecule has 1 aromatic carbocycles. The smallest absolute Gasteiger partial charge is 0.119 e. The number of methoxy groups -OCH3 is 1. The van der Waals surface area contributed by atoms with E-state index < -0.39 is 0 Å². The molecule has 1 aromatic heterocycles. The molecule has 126 valence electrons. The third-order valence-electron chi connectivity index (χ3n) is 4.45. The van der Waals surface area contributed by atoms with Crippen molar-refractivity contribution in [1.29, 1.82) is 0 Å². The van der Waals surface area contributed by atoms with Crippen LogP contribution in [0.5, 0.6) is 5.75 Å². The minimum atomic E-state index is 0.192. The molecule has 3 rings (SSSR count). The maximum Gasteiger partial charge on any atom is 0.119 e. The molecule has 2 aromatic rings. The molecule has 0 fully saturated rings. The van der Waals surface area contributed by atoms with Crippen molar-refractivity contribution in [3.63, 3.8) is 0 Å². The second-order valence-corrected chi connectivity index (χ2v) is 6.07. The lowest BCUT2D eigenvalue weighted by molar-refractivity contribution is 0.414. The van der Waals surface area contributed by atoms with E-state index in [1.807, 2.05) is 24.4 Å². The first-order valence-electron chi connectivity index (χ1n) is 8.65. The normalized spacial score (nSPS) is 15.2. The Kier molecular flexibility index (Phi) is 5.47. The van der Waals surface area contributed by atoms with Crippen molar-refractivity contribution in [2.24, 2.45) is 4.99 Å². The van der Waals surface area contributed by atoms with Gasteiger partial charge in [-0.2, -0.15) is 0 Å². The number of ether oxygens (including phenoxy) is 1. The van der Waals surface area contributed by atoms with Gasteiger partial charge in [0.05, 0.1) is 19.5 Å². The highest BCUT2D eigenvalue weighted by atomic mass is 16.5. The molecule has 4 nitrogen and oxygen atoms in total. The van der Waals surface area contributed by atoms with Crippen molar-refractivity contribution in [3.8, 4) is 5.75 Å². The Morgan fingerprint density at radius 1 is 1.21 bits per heavy atom. The van der Waals surface area contributed by atoms with Crippen molar-refractivity contribution >= 4 is 5.84 Å². The van der Waals surface area contributed by atoms with E-state index in [0.29, 0.717) is 0 Å². The Labute approximate surface area is 144 Å². The zero-order valence-corrected chi connectivity index (χ0v) is 14.5. The van der Waals surface area contributed by atoms with Crippen LogP contribution in [-0.4, -0.2) is 42.5 Å². The highest BCUT2D eigenvalue weighted by Gasteiger charge is 2.24. The first-order valence-corrected chi connectivity index (χ1v) is 8.65. The third kappa shape index (κ3) is 3.75. The van der Waals surface area contributed by atoms with Crippen LogP contribution in [0.15, 0.2) is 53.7 Å². The average molecular weight is 323 g/mol. The fraction of sp³-hybridized carbons (Fsp3) is 0.400. The molecule has 0 spiro atoms. The van der Waals surface area contributed by atoms with Gasteiger partial charge in [-0.15, -0.1) is 0 Å². The van der Waals surface area contributed by atoms with Gasteiger partial charge in [-0.05, 0) is 36.2 Å². The molecule has 1 unspecified atom stereocenters. The molecular formula is C20H25N3O. The molecule has 0 N–H and O–H groups in total. The Balaban J connectivity index is 1.91. The summed E-state index contributed by atoms with van der Waals surface area (Å²) in [5.74, 6) is 2.28. The second kappa shape index (κ2) is 7.95. The summed E-state index contributed by atoms with van der Waals surface area (Å²) in [6, 6.07) is 14.4. The summed E-state index contributed by atoms with van der Waals surface area (Å²) in [6.07, 6.45) is 3.89. The lowest BCUT2D eigenvalue weighted by Gasteiger charge is -2.24. The van der Waals surface area contributed by atoms with Crippen LogP contribution < -0.4 is 4.74 Å². The molecule has 1 atom stereocenters. The van der Waals surface area contributed by atoms with Gasteiger partial charge in [-0.1, -0.05) is 25.1 Å². The van der Waals surface area contributed by atoms with Gasteiger partial charge in [0, 0.05) is 37.3 Å². The highest BCUT2D eigenvalue weighted by molar-refractivity contribution is 5.85. The fourth-order valence-corrected chi connectivity index (χ4v) is 3.25. The second-order valence-electron chi connectivity index (χ2n) is 6.07. The Morgan fingerprint density at radius 3 is 2.88 bits per heavy atom. The van der Waals surface area contributed by atoms with E-state index >= 15 is 0 Å². The summed E-state index contributed by atoms with van der Waals surface area (Å²) in [6.45, 7) is 5.23. The molecule has 4 heteroatoms. The van der Waals surface area contributed by atoms with Gasteiger partial charge in [0.15, 0.2) is 0 Å². The van der Waals surface area contributed by atoms with Crippen LogP contribution in [0, 0.1) is 0 Å². The SMILES string of the molecule is CCCN1CCN=C1CC(c1cccc(OC)c1)c1ccccn1. The van der Waals surface area contributed by atoms with Crippen LogP contribution in [0.1, 0.15) is 36.9 Å². The van der Waals surface area contributed by atoms with Crippen LogP contribution >= 0.6 is 0 Å². The van der Waals surface area contributed by atoms with Gasteiger partial charge in [-0.3, -0.25) is 9.98 Å². The number of hydrogen-bond acceptors (Lipinski definition) is 4. The highest BCUT2D eigenvalue weighted by Crippen LogP contribution is 2.30. The molecule has 24 heavy (non-hydrogen) atoms. The molecule has 2 heterocycles. The van der Waals surface area contributed by atoms with Crippen molar-refractivity contribution < 1.29 is 4.74 Å². The number of hydrogen-bond donors (Lipinski definition) is 0. The number of nitrogens with zero attached hydrogens (tertiary/aromatic N) is 3. The Bertz CT molecular complexity index is 684. The number of aliphatic imine (C=N–C) groups is 1. The van der Waals surface area contributed by atoms with E-state index in [1.54, 1.807) is 7.11 Å². The number of aromatic nitrogens is 1. The van der Waals surface area contributed by atoms with Gasteiger partial charge >= 0.3 is 0 Å². The predicted molar refractivity (Wildman–Crippen MR) is 97.9 cm³/mol. The van der Waals surface area contributed by atoms with E-state index in [0.717, 1.165) is 43.9 Å². The van der Waals surface area contributed by atoms with Crippen LogP contribution in [0.25, 0.3) is 0 Å².